The Morgan fingerprint density at radius 1 is 1.24 bits per heavy atom. The summed E-state index contributed by atoms with van der Waals surface area (Å²) in [6.45, 7) is 3.76. The Balaban J connectivity index is 1.77. The van der Waals surface area contributed by atoms with Gasteiger partial charge in [-0.15, -0.1) is 5.10 Å². The number of amides is 1. The molecule has 1 amide bonds. The average molecular weight is 340 g/mol. The van der Waals surface area contributed by atoms with Gasteiger partial charge in [0.25, 0.3) is 0 Å². The Morgan fingerprint density at radius 3 is 2.64 bits per heavy atom. The van der Waals surface area contributed by atoms with E-state index in [0.717, 1.165) is 15.8 Å². The van der Waals surface area contributed by atoms with E-state index in [4.69, 9.17) is 4.74 Å². The van der Waals surface area contributed by atoms with Crippen LogP contribution in [0.15, 0.2) is 47.3 Å². The van der Waals surface area contributed by atoms with Crippen molar-refractivity contribution in [2.24, 2.45) is 0 Å². The fourth-order valence-electron chi connectivity index (χ4n) is 2.65. The number of aromatic nitrogens is 3. The lowest BCUT2D eigenvalue weighted by atomic mass is 10.1. The van der Waals surface area contributed by atoms with Crippen LogP contribution in [-0.4, -0.2) is 27.2 Å². The number of nitrogens with zero attached hydrogens (tertiary/aromatic N) is 3. The number of nitrogens with one attached hydrogen (secondary N) is 1. The summed E-state index contributed by atoms with van der Waals surface area (Å²) >= 11 is 0. The fourth-order valence-corrected chi connectivity index (χ4v) is 2.65. The van der Waals surface area contributed by atoms with E-state index in [1.54, 1.807) is 18.2 Å². The number of methoxy groups -OCH3 is 1. The molecule has 7 heteroatoms. The number of benzene rings is 1. The van der Waals surface area contributed by atoms with Crippen LogP contribution in [0.3, 0.4) is 0 Å². The molecule has 2 aromatic heterocycles. The summed E-state index contributed by atoms with van der Waals surface area (Å²) in [6, 6.07) is 12.9. The number of rotatable bonds is 5. The zero-order chi connectivity index (χ0) is 18.0. The lowest BCUT2D eigenvalue weighted by Gasteiger charge is -2.14. The zero-order valence-electron chi connectivity index (χ0n) is 14.4. The van der Waals surface area contributed by atoms with Gasteiger partial charge in [0.15, 0.2) is 5.65 Å². The molecule has 25 heavy (non-hydrogen) atoms. The van der Waals surface area contributed by atoms with Crippen molar-refractivity contribution in [3.63, 3.8) is 0 Å². The van der Waals surface area contributed by atoms with Gasteiger partial charge in [0, 0.05) is 0 Å². The molecule has 130 valence electrons. The monoisotopic (exact) mass is 340 g/mol. The summed E-state index contributed by atoms with van der Waals surface area (Å²) in [7, 11) is 1.48. The van der Waals surface area contributed by atoms with Crippen molar-refractivity contribution in [1.82, 2.24) is 19.5 Å². The van der Waals surface area contributed by atoms with Gasteiger partial charge >= 0.3 is 5.69 Å². The first-order chi connectivity index (χ1) is 12.0. The van der Waals surface area contributed by atoms with Crippen LogP contribution in [0, 0.1) is 6.92 Å². The van der Waals surface area contributed by atoms with Gasteiger partial charge in [-0.1, -0.05) is 35.9 Å². The first kappa shape index (κ1) is 16.8. The molecule has 0 bridgehead atoms. The number of ether oxygens (including phenoxy) is 1. The van der Waals surface area contributed by atoms with Gasteiger partial charge in [-0.25, -0.2) is 13.9 Å². The molecule has 1 aromatic carbocycles. The molecule has 3 aromatic rings. The van der Waals surface area contributed by atoms with Crippen LogP contribution in [0.4, 0.5) is 0 Å². The van der Waals surface area contributed by atoms with Gasteiger partial charge in [0.1, 0.15) is 6.54 Å². The van der Waals surface area contributed by atoms with Crippen LogP contribution in [-0.2, 0) is 11.3 Å². The number of carbonyl (C=O) groups excluding carboxylic acids is 1. The van der Waals surface area contributed by atoms with Gasteiger partial charge in [-0.3, -0.25) is 4.79 Å². The van der Waals surface area contributed by atoms with E-state index in [9.17, 15) is 9.59 Å². The van der Waals surface area contributed by atoms with Crippen molar-refractivity contribution in [1.29, 1.82) is 0 Å². The molecule has 0 fully saturated rings. The second kappa shape index (κ2) is 6.80. The maximum absolute atomic E-state index is 12.4. The molecule has 0 aliphatic carbocycles. The molecule has 2 heterocycles. The minimum atomic E-state index is -0.411. The summed E-state index contributed by atoms with van der Waals surface area (Å²) in [5, 5.41) is 7.06. The Bertz CT molecular complexity index is 957. The molecular formula is C18H20N4O3. The quantitative estimate of drug-likeness (QED) is 0.767. The number of fused-ring (bicyclic) bond motifs is 1. The third-order valence-corrected chi connectivity index (χ3v) is 4.03. The molecule has 1 N–H and O–H groups in total. The third-order valence-electron chi connectivity index (χ3n) is 4.03. The molecule has 0 saturated heterocycles. The summed E-state index contributed by atoms with van der Waals surface area (Å²) in [5.41, 5.74) is 2.18. The van der Waals surface area contributed by atoms with E-state index in [-0.39, 0.29) is 18.5 Å². The van der Waals surface area contributed by atoms with Crippen LogP contribution in [0.5, 0.6) is 5.88 Å². The molecule has 0 aliphatic heterocycles. The Kier molecular flexibility index (Phi) is 4.56. The minimum Gasteiger partial charge on any atom is -0.482 e. The highest BCUT2D eigenvalue weighted by Gasteiger charge is 2.15. The molecule has 0 unspecified atom stereocenters. The number of hydrogen-bond acceptors (Lipinski definition) is 4. The van der Waals surface area contributed by atoms with Crippen LogP contribution >= 0.6 is 0 Å². The molecule has 7 nitrogen and oxygen atoms in total. The van der Waals surface area contributed by atoms with E-state index < -0.39 is 5.69 Å². The Labute approximate surface area is 144 Å². The lowest BCUT2D eigenvalue weighted by molar-refractivity contribution is -0.122. The maximum atomic E-state index is 12.4. The van der Waals surface area contributed by atoms with Gasteiger partial charge in [-0.2, -0.15) is 0 Å². The summed E-state index contributed by atoms with van der Waals surface area (Å²) in [6.07, 6.45) is 0. The van der Waals surface area contributed by atoms with Crippen LogP contribution < -0.4 is 15.7 Å². The van der Waals surface area contributed by atoms with Crippen LogP contribution in [0.2, 0.25) is 0 Å². The van der Waals surface area contributed by atoms with Crippen LogP contribution in [0.25, 0.3) is 5.65 Å². The number of hydrogen-bond donors (Lipinski definition) is 1. The second-order valence-electron chi connectivity index (χ2n) is 5.90. The SMILES string of the molecule is COc1cccc2nn(CC(=O)N[C@@H](C)c3ccc(C)cc3)c(=O)n12. The topological polar surface area (TPSA) is 77.6 Å². The van der Waals surface area contributed by atoms with E-state index in [1.807, 2.05) is 38.1 Å². The molecule has 0 radical (unpaired) electrons. The van der Waals surface area contributed by atoms with Gasteiger partial charge in [0.05, 0.1) is 13.2 Å². The highest BCUT2D eigenvalue weighted by Crippen LogP contribution is 2.13. The Hall–Kier alpha value is -3.09. The predicted molar refractivity (Wildman–Crippen MR) is 93.7 cm³/mol. The molecule has 0 saturated carbocycles. The first-order valence-corrected chi connectivity index (χ1v) is 7.98. The van der Waals surface area contributed by atoms with E-state index in [2.05, 4.69) is 10.4 Å². The van der Waals surface area contributed by atoms with Gasteiger partial charge in [0.2, 0.25) is 11.8 Å². The minimum absolute atomic E-state index is 0.153. The van der Waals surface area contributed by atoms with Crippen molar-refractivity contribution in [2.75, 3.05) is 7.11 Å². The van der Waals surface area contributed by atoms with E-state index in [1.165, 1.54) is 11.5 Å². The lowest BCUT2D eigenvalue weighted by Crippen LogP contribution is -2.34. The normalized spacial score (nSPS) is 12.1. The average Bonchev–Trinajstić information content (AvgIpc) is 2.91. The molecular weight excluding hydrogens is 320 g/mol. The highest BCUT2D eigenvalue weighted by atomic mass is 16.5. The number of pyridine rings is 1. The molecule has 0 aliphatic rings. The Morgan fingerprint density at radius 2 is 1.96 bits per heavy atom. The highest BCUT2D eigenvalue weighted by molar-refractivity contribution is 5.76. The predicted octanol–water partition coefficient (Wildman–Crippen LogP) is 1.69. The van der Waals surface area contributed by atoms with Crippen molar-refractivity contribution < 1.29 is 9.53 Å². The largest absolute Gasteiger partial charge is 0.482 e. The molecule has 1 atom stereocenters. The van der Waals surface area contributed by atoms with Crippen molar-refractivity contribution >= 4 is 11.6 Å². The second-order valence-corrected chi connectivity index (χ2v) is 5.90. The summed E-state index contributed by atoms with van der Waals surface area (Å²) in [5.74, 6) is 0.0970. The number of aryl methyl sites for hydroxylation is 1. The summed E-state index contributed by atoms with van der Waals surface area (Å²) < 4.78 is 7.63. The first-order valence-electron chi connectivity index (χ1n) is 7.98. The standard InChI is InChI=1S/C18H20N4O3/c1-12-7-9-14(10-8-12)13(2)19-16(23)11-21-18(24)22-15(20-21)5-4-6-17(22)25-3/h4-10,13H,11H2,1-3H3,(H,19,23)/t13-/m0/s1. The van der Waals surface area contributed by atoms with Crippen molar-refractivity contribution in [3.05, 3.63) is 64.1 Å². The van der Waals surface area contributed by atoms with E-state index in [0.29, 0.717) is 11.5 Å². The third kappa shape index (κ3) is 3.40. The fraction of sp³-hybridized carbons (Fsp3) is 0.278. The van der Waals surface area contributed by atoms with Crippen LogP contribution in [0.1, 0.15) is 24.1 Å². The zero-order valence-corrected chi connectivity index (χ0v) is 14.4. The summed E-state index contributed by atoms with van der Waals surface area (Å²) in [4.78, 5) is 24.7. The molecule has 3 rings (SSSR count). The smallest absolute Gasteiger partial charge is 0.353 e. The number of carbonyl (C=O) groups is 1. The van der Waals surface area contributed by atoms with Crippen molar-refractivity contribution in [2.45, 2.75) is 26.4 Å². The molecule has 0 spiro atoms. The maximum Gasteiger partial charge on any atom is 0.353 e. The van der Waals surface area contributed by atoms with Gasteiger partial charge in [-0.05, 0) is 31.5 Å². The van der Waals surface area contributed by atoms with Gasteiger partial charge < -0.3 is 10.1 Å². The van der Waals surface area contributed by atoms with E-state index >= 15 is 0 Å². The van der Waals surface area contributed by atoms with Crippen molar-refractivity contribution in [3.8, 4) is 5.88 Å².